The lowest BCUT2D eigenvalue weighted by atomic mass is 10.3. The third-order valence-corrected chi connectivity index (χ3v) is 2.60. The standard InChI is InChI=1S/C6H6O8S2/c7-4-1-3(16(11,12)13)2-5(6(4)8)14-15(9)10/h1-2,7-8H,(H,9,10)(H,11,12,13)/p-2. The number of phenols is 2. The van der Waals surface area contributed by atoms with Crippen molar-refractivity contribution in [2.75, 3.05) is 0 Å². The summed E-state index contributed by atoms with van der Waals surface area (Å²) in [7, 11) is -4.90. The highest BCUT2D eigenvalue weighted by atomic mass is 32.2. The summed E-state index contributed by atoms with van der Waals surface area (Å²) in [6.45, 7) is 0. The third-order valence-electron chi connectivity index (χ3n) is 1.47. The molecule has 90 valence electrons. The minimum Gasteiger partial charge on any atom is -0.744 e. The Morgan fingerprint density at radius 1 is 1.31 bits per heavy atom. The van der Waals surface area contributed by atoms with Crippen LogP contribution in [0.4, 0.5) is 0 Å². The van der Waals surface area contributed by atoms with Gasteiger partial charge in [0.05, 0.1) is 4.90 Å². The number of phenolic OH excluding ortho intramolecular Hbond substituents is 2. The molecule has 1 atom stereocenters. The minimum absolute atomic E-state index is 0.470. The zero-order chi connectivity index (χ0) is 12.5. The van der Waals surface area contributed by atoms with Gasteiger partial charge in [0.15, 0.2) is 11.5 Å². The van der Waals surface area contributed by atoms with Gasteiger partial charge in [0, 0.05) is 12.1 Å². The lowest BCUT2D eigenvalue weighted by Gasteiger charge is -2.13. The van der Waals surface area contributed by atoms with Crippen LogP contribution in [0.2, 0.25) is 0 Å². The maximum atomic E-state index is 10.6. The Bertz CT molecular complexity index is 534. The fourth-order valence-corrected chi connectivity index (χ4v) is 1.63. The third kappa shape index (κ3) is 2.82. The van der Waals surface area contributed by atoms with Gasteiger partial charge in [0.25, 0.3) is 0 Å². The highest BCUT2D eigenvalue weighted by molar-refractivity contribution is 7.85. The molecule has 16 heavy (non-hydrogen) atoms. The van der Waals surface area contributed by atoms with Crippen molar-refractivity contribution in [3.05, 3.63) is 12.1 Å². The van der Waals surface area contributed by atoms with Crippen LogP contribution in [0.3, 0.4) is 0 Å². The summed E-state index contributed by atoms with van der Waals surface area (Å²) in [6.07, 6.45) is 0. The average Bonchev–Trinajstić information content (AvgIpc) is 2.10. The number of hydrogen-bond donors (Lipinski definition) is 2. The molecule has 0 aliphatic heterocycles. The molecule has 0 aliphatic carbocycles. The SMILES string of the molecule is O=S([O-])Oc1cc(S(=O)(=O)[O-])cc(O)c1O. The predicted molar refractivity (Wildman–Crippen MR) is 47.3 cm³/mol. The molecular weight excluding hydrogens is 264 g/mol. The Labute approximate surface area is 92.3 Å². The lowest BCUT2D eigenvalue weighted by Crippen LogP contribution is -2.02. The van der Waals surface area contributed by atoms with E-state index in [9.17, 15) is 21.7 Å². The van der Waals surface area contributed by atoms with Gasteiger partial charge < -0.3 is 23.5 Å². The van der Waals surface area contributed by atoms with Crippen molar-refractivity contribution in [3.8, 4) is 17.2 Å². The average molecular weight is 268 g/mol. The van der Waals surface area contributed by atoms with E-state index in [2.05, 4.69) is 4.18 Å². The van der Waals surface area contributed by atoms with Crippen molar-refractivity contribution in [1.82, 2.24) is 0 Å². The summed E-state index contributed by atoms with van der Waals surface area (Å²) in [6, 6.07) is 0.950. The molecule has 0 aromatic heterocycles. The Morgan fingerprint density at radius 3 is 2.31 bits per heavy atom. The van der Waals surface area contributed by atoms with Gasteiger partial charge in [0.1, 0.15) is 21.5 Å². The summed E-state index contributed by atoms with van der Waals surface area (Å²) in [5.74, 6) is -2.84. The van der Waals surface area contributed by atoms with Crippen LogP contribution in [-0.2, 0) is 21.5 Å². The van der Waals surface area contributed by atoms with Gasteiger partial charge in [-0.25, -0.2) is 12.6 Å². The number of hydrogen-bond acceptors (Lipinski definition) is 8. The lowest BCUT2D eigenvalue weighted by molar-refractivity contribution is 0.374. The molecule has 0 saturated carbocycles. The number of benzene rings is 1. The molecule has 0 spiro atoms. The van der Waals surface area contributed by atoms with Crippen molar-refractivity contribution in [2.24, 2.45) is 0 Å². The fraction of sp³-hybridized carbons (Fsp3) is 0. The van der Waals surface area contributed by atoms with Gasteiger partial charge in [-0.1, -0.05) is 0 Å². The van der Waals surface area contributed by atoms with E-state index in [-0.39, 0.29) is 0 Å². The van der Waals surface area contributed by atoms with Gasteiger partial charge in [-0.05, 0) is 0 Å². The Hall–Kier alpha value is -1.36. The molecule has 10 heteroatoms. The van der Waals surface area contributed by atoms with Crippen LogP contribution in [-0.4, -0.2) is 31.9 Å². The normalized spacial score (nSPS) is 13.4. The van der Waals surface area contributed by atoms with E-state index in [0.717, 1.165) is 0 Å². The number of rotatable bonds is 3. The first kappa shape index (κ1) is 12.7. The summed E-state index contributed by atoms with van der Waals surface area (Å²) in [4.78, 5) is -0.928. The van der Waals surface area contributed by atoms with Crippen LogP contribution in [0.25, 0.3) is 0 Å². The molecular formula is C6H4O8S2-2. The number of aromatic hydroxyl groups is 2. The van der Waals surface area contributed by atoms with E-state index >= 15 is 0 Å². The Morgan fingerprint density at radius 2 is 1.88 bits per heavy atom. The van der Waals surface area contributed by atoms with Crippen molar-refractivity contribution in [3.63, 3.8) is 0 Å². The molecule has 0 fully saturated rings. The monoisotopic (exact) mass is 268 g/mol. The molecule has 8 nitrogen and oxygen atoms in total. The molecule has 1 aromatic rings. The second kappa shape index (κ2) is 4.25. The molecule has 0 heterocycles. The maximum Gasteiger partial charge on any atom is 0.202 e. The highest BCUT2D eigenvalue weighted by Crippen LogP contribution is 2.38. The van der Waals surface area contributed by atoms with Crippen LogP contribution in [0, 0.1) is 0 Å². The topological polar surface area (TPSA) is 147 Å². The van der Waals surface area contributed by atoms with E-state index in [4.69, 9.17) is 10.2 Å². The van der Waals surface area contributed by atoms with Crippen LogP contribution < -0.4 is 4.18 Å². The van der Waals surface area contributed by atoms with Gasteiger partial charge in [-0.2, -0.15) is 0 Å². The second-order valence-electron chi connectivity index (χ2n) is 2.53. The predicted octanol–water partition coefficient (Wildman–Crippen LogP) is -0.825. The Kier molecular flexibility index (Phi) is 3.38. The highest BCUT2D eigenvalue weighted by Gasteiger charge is 2.14. The fourth-order valence-electron chi connectivity index (χ4n) is 0.850. The van der Waals surface area contributed by atoms with Crippen LogP contribution in [0.15, 0.2) is 17.0 Å². The van der Waals surface area contributed by atoms with Gasteiger partial charge >= 0.3 is 0 Å². The van der Waals surface area contributed by atoms with Crippen LogP contribution in [0.5, 0.6) is 17.2 Å². The van der Waals surface area contributed by atoms with E-state index in [1.54, 1.807) is 0 Å². The zero-order valence-corrected chi connectivity index (χ0v) is 8.95. The molecule has 0 amide bonds. The summed E-state index contributed by atoms with van der Waals surface area (Å²) >= 11 is -3.09. The molecule has 2 N–H and O–H groups in total. The molecule has 0 bridgehead atoms. The van der Waals surface area contributed by atoms with Crippen molar-refractivity contribution in [1.29, 1.82) is 0 Å². The Balaban J connectivity index is 3.39. The summed E-state index contributed by atoms with van der Waals surface area (Å²) < 4.78 is 56.0. The molecule has 0 radical (unpaired) electrons. The molecule has 1 unspecified atom stereocenters. The maximum absolute atomic E-state index is 10.6. The van der Waals surface area contributed by atoms with Crippen molar-refractivity contribution < 1.29 is 36.1 Å². The molecule has 1 rings (SSSR count). The van der Waals surface area contributed by atoms with Gasteiger partial charge in [-0.15, -0.1) is 0 Å². The first-order valence-corrected chi connectivity index (χ1v) is 5.92. The second-order valence-corrected chi connectivity index (χ2v) is 4.49. The smallest absolute Gasteiger partial charge is 0.202 e. The van der Waals surface area contributed by atoms with Gasteiger partial charge in [-0.3, -0.25) is 0 Å². The molecule has 0 saturated heterocycles. The molecule has 1 aromatic carbocycles. The molecule has 0 aliphatic rings. The largest absolute Gasteiger partial charge is 0.744 e. The van der Waals surface area contributed by atoms with Crippen molar-refractivity contribution in [2.45, 2.75) is 4.90 Å². The van der Waals surface area contributed by atoms with E-state index < -0.39 is 43.6 Å². The van der Waals surface area contributed by atoms with Gasteiger partial charge in [0.2, 0.25) is 5.75 Å². The van der Waals surface area contributed by atoms with Crippen LogP contribution in [0.1, 0.15) is 0 Å². The van der Waals surface area contributed by atoms with Crippen LogP contribution >= 0.6 is 0 Å². The zero-order valence-electron chi connectivity index (χ0n) is 7.32. The quantitative estimate of drug-likeness (QED) is 0.410. The summed E-state index contributed by atoms with van der Waals surface area (Å²) in [5, 5.41) is 18.1. The van der Waals surface area contributed by atoms with E-state index in [0.29, 0.717) is 12.1 Å². The van der Waals surface area contributed by atoms with E-state index in [1.165, 1.54) is 0 Å². The first-order valence-electron chi connectivity index (χ1n) is 3.51. The van der Waals surface area contributed by atoms with E-state index in [1.807, 2.05) is 0 Å². The summed E-state index contributed by atoms with van der Waals surface area (Å²) in [5.41, 5.74) is 0. The first-order chi connectivity index (χ1) is 7.21. The van der Waals surface area contributed by atoms with Crippen molar-refractivity contribution >= 4 is 21.5 Å². The minimum atomic E-state index is -4.90.